The highest BCUT2D eigenvalue weighted by Crippen LogP contribution is 2.23. The van der Waals surface area contributed by atoms with Crippen molar-refractivity contribution in [3.8, 4) is 0 Å². The Morgan fingerprint density at radius 3 is 2.70 bits per heavy atom. The molecule has 7 heteroatoms. The quantitative estimate of drug-likeness (QED) is 0.844. The zero-order valence-corrected chi connectivity index (χ0v) is 13.1. The lowest BCUT2D eigenvalue weighted by Crippen LogP contribution is -2.12. The molecule has 0 bridgehead atoms. The number of nitrogens with one attached hydrogen (secondary N) is 1. The Bertz CT molecular complexity index is 620. The summed E-state index contributed by atoms with van der Waals surface area (Å²) < 4.78 is 0. The lowest BCUT2D eigenvalue weighted by Gasteiger charge is -2.15. The maximum atomic E-state index is 6.14. The molecule has 0 saturated carbocycles. The standard InChI is InChI=1S/C13H16ClN5S/c1-7-4-5-9(6-10(7)14)8(2)16-12-17-11(15)18-13(19-12)20-3/h4-6,8H,1-3H3,(H3,15,16,17,18,19). The minimum Gasteiger partial charge on any atom is -0.368 e. The fourth-order valence-electron chi connectivity index (χ4n) is 1.68. The molecule has 0 aliphatic carbocycles. The molecule has 106 valence electrons. The third kappa shape index (κ3) is 3.52. The first kappa shape index (κ1) is 14.9. The monoisotopic (exact) mass is 309 g/mol. The number of halogens is 1. The highest BCUT2D eigenvalue weighted by molar-refractivity contribution is 7.98. The van der Waals surface area contributed by atoms with E-state index < -0.39 is 0 Å². The van der Waals surface area contributed by atoms with Crippen LogP contribution in [-0.2, 0) is 0 Å². The molecule has 1 heterocycles. The number of nitrogen functional groups attached to an aromatic ring is 1. The zero-order chi connectivity index (χ0) is 14.7. The summed E-state index contributed by atoms with van der Waals surface area (Å²) in [5.74, 6) is 0.673. The molecule has 20 heavy (non-hydrogen) atoms. The number of rotatable bonds is 4. The minimum absolute atomic E-state index is 0.0182. The van der Waals surface area contributed by atoms with E-state index in [1.807, 2.05) is 38.3 Å². The van der Waals surface area contributed by atoms with Gasteiger partial charge >= 0.3 is 0 Å². The van der Waals surface area contributed by atoms with E-state index in [2.05, 4.69) is 20.3 Å². The molecule has 0 amide bonds. The molecule has 0 aliphatic rings. The van der Waals surface area contributed by atoms with Gasteiger partial charge in [0.25, 0.3) is 0 Å². The van der Waals surface area contributed by atoms with Crippen molar-refractivity contribution in [3.05, 3.63) is 34.3 Å². The first-order valence-corrected chi connectivity index (χ1v) is 7.68. The number of benzene rings is 1. The molecule has 0 saturated heterocycles. The Kier molecular flexibility index (Phi) is 4.67. The SMILES string of the molecule is CSc1nc(N)nc(NC(C)c2ccc(C)c(Cl)c2)n1. The number of hydrogen-bond donors (Lipinski definition) is 2. The van der Waals surface area contributed by atoms with Crippen molar-refractivity contribution in [3.63, 3.8) is 0 Å². The molecule has 3 N–H and O–H groups in total. The minimum atomic E-state index is 0.0182. The highest BCUT2D eigenvalue weighted by Gasteiger charge is 2.10. The molecule has 0 radical (unpaired) electrons. The van der Waals surface area contributed by atoms with Gasteiger partial charge in [0.2, 0.25) is 11.9 Å². The number of thioether (sulfide) groups is 1. The van der Waals surface area contributed by atoms with Crippen LogP contribution in [0.25, 0.3) is 0 Å². The second-order valence-corrected chi connectivity index (χ2v) is 5.56. The third-order valence-corrected chi connectivity index (χ3v) is 3.81. The number of nitrogens with zero attached hydrogens (tertiary/aromatic N) is 3. The van der Waals surface area contributed by atoms with Crippen LogP contribution in [0.15, 0.2) is 23.4 Å². The van der Waals surface area contributed by atoms with Crippen LogP contribution >= 0.6 is 23.4 Å². The largest absolute Gasteiger partial charge is 0.368 e. The van der Waals surface area contributed by atoms with Gasteiger partial charge in [-0.2, -0.15) is 15.0 Å². The van der Waals surface area contributed by atoms with Crippen molar-refractivity contribution >= 4 is 35.3 Å². The van der Waals surface area contributed by atoms with Crippen LogP contribution in [-0.4, -0.2) is 21.2 Å². The van der Waals surface area contributed by atoms with Crippen molar-refractivity contribution in [2.24, 2.45) is 0 Å². The molecule has 2 rings (SSSR count). The fraction of sp³-hybridized carbons (Fsp3) is 0.308. The van der Waals surface area contributed by atoms with Crippen molar-refractivity contribution in [1.82, 2.24) is 15.0 Å². The van der Waals surface area contributed by atoms with Crippen molar-refractivity contribution in [2.45, 2.75) is 25.0 Å². The second-order valence-electron chi connectivity index (χ2n) is 4.38. The summed E-state index contributed by atoms with van der Waals surface area (Å²) in [5.41, 5.74) is 7.77. The van der Waals surface area contributed by atoms with Gasteiger partial charge in [0, 0.05) is 5.02 Å². The maximum absolute atomic E-state index is 6.14. The van der Waals surface area contributed by atoms with Crippen LogP contribution in [0.5, 0.6) is 0 Å². The Balaban J connectivity index is 2.20. The van der Waals surface area contributed by atoms with Crippen LogP contribution in [0.1, 0.15) is 24.1 Å². The van der Waals surface area contributed by atoms with E-state index in [1.54, 1.807) is 0 Å². The number of anilines is 2. The van der Waals surface area contributed by atoms with E-state index in [4.69, 9.17) is 17.3 Å². The van der Waals surface area contributed by atoms with Gasteiger partial charge in [-0.1, -0.05) is 35.5 Å². The molecule has 0 spiro atoms. The molecule has 0 aliphatic heterocycles. The summed E-state index contributed by atoms with van der Waals surface area (Å²) in [7, 11) is 0. The van der Waals surface area contributed by atoms with Crippen molar-refractivity contribution in [2.75, 3.05) is 17.3 Å². The van der Waals surface area contributed by atoms with Crippen LogP contribution < -0.4 is 11.1 Å². The smallest absolute Gasteiger partial charge is 0.228 e. The lowest BCUT2D eigenvalue weighted by molar-refractivity contribution is 0.831. The molecular weight excluding hydrogens is 294 g/mol. The van der Waals surface area contributed by atoms with Crippen LogP contribution in [0.3, 0.4) is 0 Å². The number of nitrogens with two attached hydrogens (primary N) is 1. The third-order valence-electron chi connectivity index (χ3n) is 2.86. The second kappa shape index (κ2) is 6.28. The molecular formula is C13H16ClN5S. The van der Waals surface area contributed by atoms with Crippen LogP contribution in [0.4, 0.5) is 11.9 Å². The van der Waals surface area contributed by atoms with Gasteiger partial charge in [0.1, 0.15) is 0 Å². The van der Waals surface area contributed by atoms with E-state index in [9.17, 15) is 0 Å². The fourth-order valence-corrected chi connectivity index (χ4v) is 2.23. The van der Waals surface area contributed by atoms with Crippen LogP contribution in [0, 0.1) is 6.92 Å². The summed E-state index contributed by atoms with van der Waals surface area (Å²) >= 11 is 7.56. The van der Waals surface area contributed by atoms with E-state index in [1.165, 1.54) is 11.8 Å². The molecule has 5 nitrogen and oxygen atoms in total. The van der Waals surface area contributed by atoms with E-state index in [0.29, 0.717) is 11.1 Å². The molecule has 0 fully saturated rings. The summed E-state index contributed by atoms with van der Waals surface area (Å²) in [6.07, 6.45) is 1.89. The molecule has 1 atom stereocenters. The zero-order valence-electron chi connectivity index (χ0n) is 11.5. The highest BCUT2D eigenvalue weighted by atomic mass is 35.5. The summed E-state index contributed by atoms with van der Waals surface area (Å²) in [6.45, 7) is 3.99. The number of aryl methyl sites for hydroxylation is 1. The van der Waals surface area contributed by atoms with Gasteiger partial charge in [-0.05, 0) is 37.3 Å². The van der Waals surface area contributed by atoms with Crippen LogP contribution in [0.2, 0.25) is 5.02 Å². The maximum Gasteiger partial charge on any atom is 0.228 e. The molecule has 2 aromatic rings. The summed E-state index contributed by atoms with van der Waals surface area (Å²) in [5, 5.41) is 4.54. The Labute approximate surface area is 127 Å². The Morgan fingerprint density at radius 1 is 1.30 bits per heavy atom. The predicted octanol–water partition coefficient (Wildman–Crippen LogP) is 3.31. The number of aromatic nitrogens is 3. The molecule has 1 aromatic heterocycles. The van der Waals surface area contributed by atoms with Crippen molar-refractivity contribution in [1.29, 1.82) is 0 Å². The van der Waals surface area contributed by atoms with Gasteiger partial charge in [-0.15, -0.1) is 0 Å². The first-order valence-electron chi connectivity index (χ1n) is 6.07. The normalized spacial score (nSPS) is 12.2. The Morgan fingerprint density at radius 2 is 2.05 bits per heavy atom. The van der Waals surface area contributed by atoms with Gasteiger partial charge in [-0.3, -0.25) is 0 Å². The van der Waals surface area contributed by atoms with E-state index in [-0.39, 0.29) is 12.0 Å². The van der Waals surface area contributed by atoms with Gasteiger partial charge in [0.05, 0.1) is 6.04 Å². The van der Waals surface area contributed by atoms with E-state index in [0.717, 1.165) is 16.1 Å². The average Bonchev–Trinajstić information content (AvgIpc) is 2.41. The van der Waals surface area contributed by atoms with Gasteiger partial charge < -0.3 is 11.1 Å². The Hall–Kier alpha value is -1.53. The topological polar surface area (TPSA) is 76.7 Å². The van der Waals surface area contributed by atoms with Gasteiger partial charge in [0.15, 0.2) is 5.16 Å². The summed E-state index contributed by atoms with van der Waals surface area (Å²) in [6, 6.07) is 5.97. The first-order chi connectivity index (χ1) is 9.49. The molecule has 1 unspecified atom stereocenters. The molecule has 1 aromatic carbocycles. The van der Waals surface area contributed by atoms with Crippen molar-refractivity contribution < 1.29 is 0 Å². The lowest BCUT2D eigenvalue weighted by atomic mass is 10.1. The summed E-state index contributed by atoms with van der Waals surface area (Å²) in [4.78, 5) is 12.4. The van der Waals surface area contributed by atoms with E-state index >= 15 is 0 Å². The average molecular weight is 310 g/mol. The predicted molar refractivity (Wildman–Crippen MR) is 84.2 cm³/mol. The number of hydrogen-bond acceptors (Lipinski definition) is 6. The van der Waals surface area contributed by atoms with Gasteiger partial charge in [-0.25, -0.2) is 0 Å².